The van der Waals surface area contributed by atoms with Crippen LogP contribution in [0.4, 0.5) is 0 Å². The predicted molar refractivity (Wildman–Crippen MR) is 252 cm³/mol. The number of halogens is 1. The summed E-state index contributed by atoms with van der Waals surface area (Å²) in [5.41, 5.74) is 1.66. The normalized spacial score (nSPS) is 43.5. The molecule has 16 nitrogen and oxygen atoms in total. The van der Waals surface area contributed by atoms with Crippen LogP contribution in [0.15, 0.2) is 42.1 Å². The minimum Gasteiger partial charge on any atom is -0.459 e. The third-order valence-electron chi connectivity index (χ3n) is 19.2. The van der Waals surface area contributed by atoms with Crippen LogP contribution in [0.5, 0.6) is 0 Å². The first-order valence-corrected chi connectivity index (χ1v) is 25.6. The molecule has 2 aromatic rings. The minimum atomic E-state index is -1.55. The number of nitrogens with one attached hydrogen (secondary N) is 1. The van der Waals surface area contributed by atoms with Crippen molar-refractivity contribution in [2.45, 2.75) is 188 Å². The summed E-state index contributed by atoms with van der Waals surface area (Å²) in [4.78, 5) is 27.2. The van der Waals surface area contributed by atoms with E-state index in [1.807, 2.05) is 18.2 Å². The smallest absolute Gasteiger partial charge is 0.313 e. The molecule has 6 N–H and O–H groups in total. The fourth-order valence-electron chi connectivity index (χ4n) is 15.1. The summed E-state index contributed by atoms with van der Waals surface area (Å²) in [5.74, 6) is 0.132. The lowest BCUT2D eigenvalue weighted by molar-refractivity contribution is -0.322. The lowest BCUT2D eigenvalue weighted by Crippen LogP contribution is -2.67. The number of esters is 1. The van der Waals surface area contributed by atoms with Crippen LogP contribution < -0.4 is 5.32 Å². The second-order valence-electron chi connectivity index (χ2n) is 23.9. The molecule has 7 aliphatic rings. The quantitative estimate of drug-likeness (QED) is 0.0976. The highest BCUT2D eigenvalue weighted by Crippen LogP contribution is 2.76. The van der Waals surface area contributed by atoms with E-state index in [2.05, 4.69) is 70.2 Å². The zero-order valence-electron chi connectivity index (χ0n) is 41.5. The number of allylic oxidation sites excluding steroid dienone is 2. The predicted octanol–water partition coefficient (Wildman–Crippen LogP) is 5.56. The number of aliphatic hydroxyl groups excluding tert-OH is 5. The monoisotopic (exact) mass is 983 g/mol. The van der Waals surface area contributed by atoms with Gasteiger partial charge in [0.05, 0.1) is 36.6 Å². The molecular weight excluding hydrogens is 908 g/mol. The van der Waals surface area contributed by atoms with Crippen LogP contribution in [0.3, 0.4) is 0 Å². The van der Waals surface area contributed by atoms with Crippen LogP contribution in [0, 0.1) is 50.2 Å². The molecule has 0 spiro atoms. The summed E-state index contributed by atoms with van der Waals surface area (Å²) >= 11 is 6.24. The van der Waals surface area contributed by atoms with E-state index in [-0.39, 0.29) is 70.8 Å². The van der Waals surface area contributed by atoms with Crippen molar-refractivity contribution in [2.24, 2.45) is 50.2 Å². The first-order valence-electron chi connectivity index (χ1n) is 25.2. The molecule has 69 heavy (non-hydrogen) atoms. The molecule has 1 aromatic heterocycles. The highest BCUT2D eigenvalue weighted by Gasteiger charge is 2.70. The van der Waals surface area contributed by atoms with Gasteiger partial charge in [-0.2, -0.15) is 0 Å². The van der Waals surface area contributed by atoms with Crippen molar-refractivity contribution in [3.63, 3.8) is 0 Å². The van der Waals surface area contributed by atoms with Gasteiger partial charge in [-0.15, -0.1) is 5.10 Å². The second-order valence-corrected chi connectivity index (χ2v) is 24.3. The van der Waals surface area contributed by atoms with Crippen LogP contribution >= 0.6 is 11.6 Å². The molecule has 6 fully saturated rings. The molecule has 5 aliphatic carbocycles. The molecule has 4 saturated carbocycles. The van der Waals surface area contributed by atoms with Crippen molar-refractivity contribution in [1.82, 2.24) is 20.3 Å². The number of benzene rings is 1. The highest BCUT2D eigenvalue weighted by molar-refractivity contribution is 6.30. The Hall–Kier alpha value is -3.03. The summed E-state index contributed by atoms with van der Waals surface area (Å²) in [6.45, 7) is 17.5. The van der Waals surface area contributed by atoms with Gasteiger partial charge in [0.25, 0.3) is 0 Å². The first kappa shape index (κ1) is 50.9. The van der Waals surface area contributed by atoms with Crippen LogP contribution in [-0.2, 0) is 39.9 Å². The highest BCUT2D eigenvalue weighted by atomic mass is 35.5. The maximum atomic E-state index is 14.7. The summed E-state index contributed by atoms with van der Waals surface area (Å²) < 4.78 is 32.3. The summed E-state index contributed by atoms with van der Waals surface area (Å²) in [6.07, 6.45) is 1.93. The Morgan fingerprint density at radius 1 is 0.899 bits per heavy atom. The third-order valence-corrected chi connectivity index (χ3v) is 19.4. The molecule has 1 aromatic carbocycles. The van der Waals surface area contributed by atoms with Crippen LogP contribution in [0.1, 0.15) is 125 Å². The summed E-state index contributed by atoms with van der Waals surface area (Å²) in [5, 5.41) is 65.2. The van der Waals surface area contributed by atoms with Crippen molar-refractivity contribution in [2.75, 3.05) is 13.2 Å². The second kappa shape index (κ2) is 18.5. The van der Waals surface area contributed by atoms with Crippen molar-refractivity contribution in [3.8, 4) is 5.69 Å². The average Bonchev–Trinajstić information content (AvgIpc) is 3.77. The first-order chi connectivity index (χ1) is 32.4. The fourth-order valence-corrected chi connectivity index (χ4v) is 15.3. The van der Waals surface area contributed by atoms with Crippen LogP contribution in [-0.4, -0.2) is 127 Å². The molecule has 17 heteroatoms. The van der Waals surface area contributed by atoms with Crippen molar-refractivity contribution in [3.05, 3.63) is 52.8 Å². The molecular formula is C52H75ClN4O12. The van der Waals surface area contributed by atoms with Crippen molar-refractivity contribution in [1.29, 1.82) is 0 Å². The van der Waals surface area contributed by atoms with E-state index in [0.717, 1.165) is 63.5 Å². The molecule has 1 amide bonds. The van der Waals surface area contributed by atoms with E-state index in [1.54, 1.807) is 16.9 Å². The van der Waals surface area contributed by atoms with Gasteiger partial charge in [0.15, 0.2) is 12.6 Å². The van der Waals surface area contributed by atoms with Gasteiger partial charge in [0, 0.05) is 11.9 Å². The number of aliphatic hydroxyl groups is 5. The summed E-state index contributed by atoms with van der Waals surface area (Å²) in [7, 11) is 0. The summed E-state index contributed by atoms with van der Waals surface area (Å²) in [6, 6.07) is 6.29. The Labute approximate surface area is 410 Å². The molecule has 3 heterocycles. The average molecular weight is 984 g/mol. The van der Waals surface area contributed by atoms with Crippen LogP contribution in [0.2, 0.25) is 5.02 Å². The lowest BCUT2D eigenvalue weighted by atomic mass is 9.33. The standard InChI is InChI=1S/C52H75ClN4O12/c1-28(58)54-39-42(62)41(61)35(27-66-45-43(63)40(60)34(59)26-65-45)68-44(39)69-38-15-16-49(6)36(48(38,4)5)14-17-51(8)37(49)13-12-32-33-23-47(2,3)18-20-52(33,21-19-50(32,51)7)46(64)67-25-30-24-57(56-55-30)31-11-9-10-29(53)22-31/h9-12,22,24,33-45,59-63H,13-21,23,25-27H2,1-8H3,(H,54,58)/t33-,34-,35+,36-,37+,38-,39+,40-,41+,42+,43-,44-,45-,49-,50+,51+,52-/m0/s1. The van der Waals surface area contributed by atoms with Gasteiger partial charge in [-0.1, -0.05) is 83.0 Å². The Morgan fingerprint density at radius 2 is 1.65 bits per heavy atom. The number of aromatic nitrogens is 3. The number of hydrogen-bond donors (Lipinski definition) is 6. The van der Waals surface area contributed by atoms with E-state index >= 15 is 0 Å². The Balaban J connectivity index is 0.926. The van der Waals surface area contributed by atoms with Gasteiger partial charge in [-0.3, -0.25) is 9.59 Å². The van der Waals surface area contributed by atoms with Crippen LogP contribution in [0.25, 0.3) is 5.69 Å². The number of hydrogen-bond acceptors (Lipinski definition) is 14. The third kappa shape index (κ3) is 8.71. The lowest BCUT2D eigenvalue weighted by Gasteiger charge is -2.71. The molecule has 2 aliphatic heterocycles. The molecule has 17 atom stereocenters. The number of rotatable bonds is 10. The van der Waals surface area contributed by atoms with E-state index in [4.69, 9.17) is 35.3 Å². The zero-order chi connectivity index (χ0) is 49.6. The van der Waals surface area contributed by atoms with Gasteiger partial charge in [0.1, 0.15) is 55.0 Å². The zero-order valence-corrected chi connectivity index (χ0v) is 42.2. The number of nitrogens with zero attached hydrogens (tertiary/aromatic N) is 3. The minimum absolute atomic E-state index is 0.0389. The molecule has 0 bridgehead atoms. The Kier molecular flexibility index (Phi) is 13.6. The molecule has 0 unspecified atom stereocenters. The van der Waals surface area contributed by atoms with E-state index in [9.17, 15) is 35.1 Å². The van der Waals surface area contributed by atoms with E-state index in [1.165, 1.54) is 12.5 Å². The molecule has 2 saturated heterocycles. The van der Waals surface area contributed by atoms with E-state index in [0.29, 0.717) is 23.1 Å². The number of amides is 1. The van der Waals surface area contributed by atoms with Gasteiger partial charge in [-0.05, 0) is 127 Å². The largest absolute Gasteiger partial charge is 0.459 e. The number of carbonyl (C=O) groups excluding carboxylic acids is 2. The van der Waals surface area contributed by atoms with Crippen molar-refractivity contribution >= 4 is 23.5 Å². The molecule has 9 rings (SSSR count). The molecule has 382 valence electrons. The number of ether oxygens (including phenoxy) is 5. The number of carbonyl (C=O) groups is 2. The maximum Gasteiger partial charge on any atom is 0.313 e. The van der Waals surface area contributed by atoms with Gasteiger partial charge >= 0.3 is 5.97 Å². The Bertz CT molecular complexity index is 2280. The van der Waals surface area contributed by atoms with Crippen molar-refractivity contribution < 1.29 is 58.8 Å². The Morgan fingerprint density at radius 3 is 2.39 bits per heavy atom. The van der Waals surface area contributed by atoms with Gasteiger partial charge < -0.3 is 54.5 Å². The van der Waals surface area contributed by atoms with Gasteiger partial charge in [-0.25, -0.2) is 4.68 Å². The van der Waals surface area contributed by atoms with Gasteiger partial charge in [0.2, 0.25) is 5.91 Å². The van der Waals surface area contributed by atoms with E-state index < -0.39 is 66.6 Å². The maximum absolute atomic E-state index is 14.7. The fraction of sp³-hybridized carbons (Fsp3) is 0.769. The SMILES string of the molecule is CC(=O)N[C@H]1[C@H](O[C@H]2CC[C@]3(C)[C@H]4CC=C5[C@@H]6CC(C)(C)CC[C@]6(C(=O)OCc6cn(-c7cccc(Cl)c7)nn6)CC[C@@]5(C)[C@]4(C)CC[C@H]3C2(C)C)O[C@H](CO[C@@H]2OC[C@H](O)[C@H](O)[C@@H]2O)[C@@H](O)[C@@H]1O. The number of fused-ring (bicyclic) bond motifs is 7. The molecule has 0 radical (unpaired) electrons. The topological polar surface area (TPSA) is 224 Å².